The summed E-state index contributed by atoms with van der Waals surface area (Å²) in [5, 5.41) is 9.31. The predicted octanol–water partition coefficient (Wildman–Crippen LogP) is 4.13. The van der Waals surface area contributed by atoms with Crippen molar-refractivity contribution in [2.45, 2.75) is 27.2 Å². The van der Waals surface area contributed by atoms with Gasteiger partial charge in [0.25, 0.3) is 0 Å². The second-order valence-corrected chi connectivity index (χ2v) is 6.65. The summed E-state index contributed by atoms with van der Waals surface area (Å²) in [6.07, 6.45) is 1.07. The first kappa shape index (κ1) is 13.4. The van der Waals surface area contributed by atoms with Gasteiger partial charge in [-0.2, -0.15) is 5.26 Å². The third-order valence-electron chi connectivity index (χ3n) is 4.03. The number of hydrogen-bond donors (Lipinski definition) is 0. The molecule has 1 heterocycles. The van der Waals surface area contributed by atoms with E-state index in [0.29, 0.717) is 0 Å². The van der Waals surface area contributed by atoms with Crippen LogP contribution in [0.15, 0.2) is 22.7 Å². The van der Waals surface area contributed by atoms with Crippen molar-refractivity contribution in [2.75, 3.05) is 18.0 Å². The smallest absolute Gasteiger partial charge is 0.0690 e. The number of rotatable bonds is 1. The van der Waals surface area contributed by atoms with Crippen molar-refractivity contribution in [2.24, 2.45) is 11.3 Å². The quantitative estimate of drug-likeness (QED) is 0.780. The van der Waals surface area contributed by atoms with Gasteiger partial charge in [-0.25, -0.2) is 0 Å². The Morgan fingerprint density at radius 2 is 2.17 bits per heavy atom. The number of piperidine rings is 1. The average Bonchev–Trinajstić information content (AvgIpc) is 2.32. The number of anilines is 1. The Kier molecular flexibility index (Phi) is 3.68. The topological polar surface area (TPSA) is 27.0 Å². The highest BCUT2D eigenvalue weighted by molar-refractivity contribution is 9.10. The van der Waals surface area contributed by atoms with E-state index < -0.39 is 0 Å². The van der Waals surface area contributed by atoms with Crippen LogP contribution in [0.1, 0.15) is 25.8 Å². The van der Waals surface area contributed by atoms with Crippen molar-refractivity contribution < 1.29 is 0 Å². The standard InChI is InChI=1S/C15H19BrN2/c1-11-8-13(4-5-14(11)16)18-7-6-15(2,3)12(9-17)10-18/h4-5,8,12H,6-7,10H2,1-3H3. The molecule has 0 N–H and O–H groups in total. The van der Waals surface area contributed by atoms with Crippen molar-refractivity contribution in [3.63, 3.8) is 0 Å². The molecule has 1 saturated heterocycles. The summed E-state index contributed by atoms with van der Waals surface area (Å²) >= 11 is 3.53. The summed E-state index contributed by atoms with van der Waals surface area (Å²) in [7, 11) is 0. The van der Waals surface area contributed by atoms with E-state index in [4.69, 9.17) is 0 Å². The monoisotopic (exact) mass is 306 g/mol. The normalized spacial score (nSPS) is 22.6. The first-order valence-electron chi connectivity index (χ1n) is 6.35. The van der Waals surface area contributed by atoms with Crippen LogP contribution in [0.5, 0.6) is 0 Å². The summed E-state index contributed by atoms with van der Waals surface area (Å²) in [6, 6.07) is 8.88. The van der Waals surface area contributed by atoms with Crippen LogP contribution in [0, 0.1) is 29.6 Å². The van der Waals surface area contributed by atoms with Crippen molar-refractivity contribution in [1.29, 1.82) is 5.26 Å². The highest BCUT2D eigenvalue weighted by Gasteiger charge is 2.35. The number of hydrogen-bond acceptors (Lipinski definition) is 2. The molecule has 1 fully saturated rings. The van der Waals surface area contributed by atoms with Gasteiger partial charge in [0.05, 0.1) is 12.0 Å². The first-order chi connectivity index (χ1) is 8.44. The maximum Gasteiger partial charge on any atom is 0.0690 e. The Morgan fingerprint density at radius 3 is 2.78 bits per heavy atom. The SMILES string of the molecule is Cc1cc(N2CCC(C)(C)C(C#N)C2)ccc1Br. The Hall–Kier alpha value is -1.01. The molecule has 0 radical (unpaired) electrons. The number of nitrogens with zero attached hydrogens (tertiary/aromatic N) is 2. The Bertz CT molecular complexity index is 488. The van der Waals surface area contributed by atoms with Crippen LogP contribution in [0.25, 0.3) is 0 Å². The van der Waals surface area contributed by atoms with E-state index in [1.807, 2.05) is 0 Å². The fraction of sp³-hybridized carbons (Fsp3) is 0.533. The number of nitriles is 1. The first-order valence-corrected chi connectivity index (χ1v) is 7.14. The Morgan fingerprint density at radius 1 is 1.44 bits per heavy atom. The predicted molar refractivity (Wildman–Crippen MR) is 78.6 cm³/mol. The lowest BCUT2D eigenvalue weighted by molar-refractivity contribution is 0.217. The van der Waals surface area contributed by atoms with Crippen molar-refractivity contribution in [1.82, 2.24) is 0 Å². The maximum absolute atomic E-state index is 9.31. The molecule has 18 heavy (non-hydrogen) atoms. The summed E-state index contributed by atoms with van der Waals surface area (Å²) < 4.78 is 1.14. The molecule has 1 unspecified atom stereocenters. The van der Waals surface area contributed by atoms with Crippen molar-refractivity contribution in [3.8, 4) is 6.07 Å². The molecule has 0 aromatic heterocycles. The number of halogens is 1. The third-order valence-corrected chi connectivity index (χ3v) is 4.92. The summed E-state index contributed by atoms with van der Waals surface area (Å²) in [6.45, 7) is 8.37. The molecule has 0 bridgehead atoms. The third kappa shape index (κ3) is 2.54. The molecule has 0 amide bonds. The molecule has 0 spiro atoms. The van der Waals surface area contributed by atoms with Crippen LogP contribution < -0.4 is 4.90 Å². The van der Waals surface area contributed by atoms with Gasteiger partial charge in [-0.05, 0) is 42.5 Å². The van der Waals surface area contributed by atoms with E-state index in [1.54, 1.807) is 0 Å². The van der Waals surface area contributed by atoms with E-state index in [1.165, 1.54) is 11.3 Å². The largest absolute Gasteiger partial charge is 0.370 e. The van der Waals surface area contributed by atoms with Crippen LogP contribution in [-0.2, 0) is 0 Å². The minimum atomic E-state index is 0.107. The molecule has 1 aromatic carbocycles. The van der Waals surface area contributed by atoms with E-state index in [-0.39, 0.29) is 11.3 Å². The minimum Gasteiger partial charge on any atom is -0.370 e. The molecule has 2 nitrogen and oxygen atoms in total. The maximum atomic E-state index is 9.31. The molecular weight excluding hydrogens is 288 g/mol. The fourth-order valence-corrected chi connectivity index (χ4v) is 2.68. The van der Waals surface area contributed by atoms with Gasteiger partial charge in [0.2, 0.25) is 0 Å². The van der Waals surface area contributed by atoms with Gasteiger partial charge in [-0.15, -0.1) is 0 Å². The lowest BCUT2D eigenvalue weighted by Crippen LogP contribution is -2.44. The molecule has 2 rings (SSSR count). The van der Waals surface area contributed by atoms with Crippen molar-refractivity contribution in [3.05, 3.63) is 28.2 Å². The van der Waals surface area contributed by atoms with Crippen LogP contribution in [0.4, 0.5) is 5.69 Å². The zero-order chi connectivity index (χ0) is 13.3. The van der Waals surface area contributed by atoms with E-state index in [9.17, 15) is 5.26 Å². The van der Waals surface area contributed by atoms with E-state index in [2.05, 4.69) is 65.9 Å². The Labute approximate surface area is 118 Å². The summed E-state index contributed by atoms with van der Waals surface area (Å²) in [4.78, 5) is 2.33. The average molecular weight is 307 g/mol. The van der Waals surface area contributed by atoms with Crippen LogP contribution in [-0.4, -0.2) is 13.1 Å². The number of benzene rings is 1. The van der Waals surface area contributed by atoms with Gasteiger partial charge in [0.1, 0.15) is 0 Å². The molecule has 0 aliphatic carbocycles. The second-order valence-electron chi connectivity index (χ2n) is 5.80. The van der Waals surface area contributed by atoms with Crippen LogP contribution in [0.2, 0.25) is 0 Å². The van der Waals surface area contributed by atoms with E-state index >= 15 is 0 Å². The van der Waals surface area contributed by atoms with Gasteiger partial charge < -0.3 is 4.90 Å². The molecule has 1 aromatic rings. The molecular formula is C15H19BrN2. The second kappa shape index (κ2) is 4.93. The molecule has 96 valence electrons. The van der Waals surface area contributed by atoms with Gasteiger partial charge in [0.15, 0.2) is 0 Å². The van der Waals surface area contributed by atoms with Gasteiger partial charge in [-0.1, -0.05) is 29.8 Å². The zero-order valence-electron chi connectivity index (χ0n) is 11.2. The highest BCUT2D eigenvalue weighted by Crippen LogP contribution is 2.37. The molecule has 1 aliphatic rings. The number of aryl methyl sites for hydroxylation is 1. The minimum absolute atomic E-state index is 0.107. The lowest BCUT2D eigenvalue weighted by atomic mass is 9.74. The van der Waals surface area contributed by atoms with Crippen LogP contribution in [0.3, 0.4) is 0 Å². The molecule has 1 aliphatic heterocycles. The van der Waals surface area contributed by atoms with Gasteiger partial charge in [-0.3, -0.25) is 0 Å². The summed E-state index contributed by atoms with van der Waals surface area (Å²) in [5.41, 5.74) is 2.60. The molecule has 1 atom stereocenters. The van der Waals surface area contributed by atoms with Crippen molar-refractivity contribution >= 4 is 21.6 Å². The zero-order valence-corrected chi connectivity index (χ0v) is 12.8. The van der Waals surface area contributed by atoms with Gasteiger partial charge >= 0.3 is 0 Å². The summed E-state index contributed by atoms with van der Waals surface area (Å²) in [5.74, 6) is 0.107. The molecule has 0 saturated carbocycles. The van der Waals surface area contributed by atoms with E-state index in [0.717, 1.165) is 24.0 Å². The fourth-order valence-electron chi connectivity index (χ4n) is 2.43. The lowest BCUT2D eigenvalue weighted by Gasteiger charge is -2.41. The molecule has 3 heteroatoms. The Balaban J connectivity index is 2.21. The van der Waals surface area contributed by atoms with Gasteiger partial charge in [0, 0.05) is 23.2 Å². The highest BCUT2D eigenvalue weighted by atomic mass is 79.9. The van der Waals surface area contributed by atoms with Crippen LogP contribution >= 0.6 is 15.9 Å².